The summed E-state index contributed by atoms with van der Waals surface area (Å²) in [6, 6.07) is 13.0. The molecule has 6 heteroatoms. The first-order valence-electron chi connectivity index (χ1n) is 9.29. The van der Waals surface area contributed by atoms with Gasteiger partial charge in [0.15, 0.2) is 0 Å². The maximum atomic E-state index is 12.5. The Hall–Kier alpha value is -2.89. The number of carbonyl (C=O) groups is 2. The van der Waals surface area contributed by atoms with Gasteiger partial charge in [-0.25, -0.2) is 0 Å². The molecule has 27 heavy (non-hydrogen) atoms. The minimum atomic E-state index is -0.0743. The average Bonchev–Trinajstić information content (AvgIpc) is 2.73. The summed E-state index contributed by atoms with van der Waals surface area (Å²) in [5, 5.41) is 5.90. The number of carbonyl (C=O) groups excluding carboxylic acids is 2. The maximum absolute atomic E-state index is 12.5. The van der Waals surface area contributed by atoms with Crippen molar-refractivity contribution in [3.05, 3.63) is 54.4 Å². The average molecular weight is 367 g/mol. The van der Waals surface area contributed by atoms with Gasteiger partial charge in [-0.3, -0.25) is 14.6 Å². The van der Waals surface area contributed by atoms with Crippen LogP contribution in [0.2, 0.25) is 0 Å². The topological polar surface area (TPSA) is 80.3 Å². The van der Waals surface area contributed by atoms with E-state index in [0.29, 0.717) is 30.8 Å². The number of para-hydroxylation sites is 2. The Morgan fingerprint density at radius 3 is 2.33 bits per heavy atom. The van der Waals surface area contributed by atoms with Gasteiger partial charge < -0.3 is 15.4 Å². The zero-order valence-electron chi connectivity index (χ0n) is 15.5. The molecule has 2 aromatic rings. The Morgan fingerprint density at radius 1 is 1.00 bits per heavy atom. The Labute approximate surface area is 159 Å². The molecule has 0 spiro atoms. The molecular formula is C21H25N3O3. The molecule has 0 bridgehead atoms. The summed E-state index contributed by atoms with van der Waals surface area (Å²) >= 11 is 0. The lowest BCUT2D eigenvalue weighted by Gasteiger charge is -2.27. The summed E-state index contributed by atoms with van der Waals surface area (Å²) in [6.07, 6.45) is 4.58. The van der Waals surface area contributed by atoms with E-state index in [1.54, 1.807) is 13.3 Å². The van der Waals surface area contributed by atoms with E-state index in [-0.39, 0.29) is 23.7 Å². The van der Waals surface area contributed by atoms with Crippen molar-refractivity contribution in [1.29, 1.82) is 0 Å². The zero-order chi connectivity index (χ0) is 19.1. The molecule has 1 heterocycles. The lowest BCUT2D eigenvalue weighted by atomic mass is 9.81. The van der Waals surface area contributed by atoms with Crippen LogP contribution in [0.3, 0.4) is 0 Å². The van der Waals surface area contributed by atoms with Crippen molar-refractivity contribution in [2.45, 2.75) is 32.2 Å². The van der Waals surface area contributed by atoms with Crippen LogP contribution >= 0.6 is 0 Å². The number of nitrogens with zero attached hydrogens (tertiary/aromatic N) is 1. The molecule has 142 valence electrons. The Kier molecular flexibility index (Phi) is 6.41. The summed E-state index contributed by atoms with van der Waals surface area (Å²) in [5.74, 6) is 0.572. The minimum absolute atomic E-state index is 0.00755. The number of nitrogens with one attached hydrogen (secondary N) is 2. The van der Waals surface area contributed by atoms with Crippen LogP contribution in [0.5, 0.6) is 5.75 Å². The smallest absolute Gasteiger partial charge is 0.227 e. The van der Waals surface area contributed by atoms with Gasteiger partial charge in [0.1, 0.15) is 5.75 Å². The van der Waals surface area contributed by atoms with E-state index in [2.05, 4.69) is 15.6 Å². The van der Waals surface area contributed by atoms with Gasteiger partial charge in [0.25, 0.3) is 0 Å². The summed E-state index contributed by atoms with van der Waals surface area (Å²) in [7, 11) is 1.58. The zero-order valence-corrected chi connectivity index (χ0v) is 15.5. The van der Waals surface area contributed by atoms with E-state index in [1.165, 1.54) is 0 Å². The Balaban J connectivity index is 1.46. The minimum Gasteiger partial charge on any atom is -0.495 e. The predicted octanol–water partition coefficient (Wildman–Crippen LogP) is 3.15. The van der Waals surface area contributed by atoms with Crippen molar-refractivity contribution < 1.29 is 14.3 Å². The second-order valence-electron chi connectivity index (χ2n) is 6.78. The van der Waals surface area contributed by atoms with Crippen molar-refractivity contribution in [2.75, 3.05) is 12.4 Å². The van der Waals surface area contributed by atoms with Gasteiger partial charge in [-0.2, -0.15) is 0 Å². The monoisotopic (exact) mass is 367 g/mol. The lowest BCUT2D eigenvalue weighted by Crippen LogP contribution is -2.35. The van der Waals surface area contributed by atoms with E-state index in [9.17, 15) is 9.59 Å². The highest BCUT2D eigenvalue weighted by Gasteiger charge is 2.30. The molecule has 6 nitrogen and oxygen atoms in total. The molecule has 2 N–H and O–H groups in total. The van der Waals surface area contributed by atoms with Gasteiger partial charge in [-0.1, -0.05) is 18.2 Å². The van der Waals surface area contributed by atoms with Crippen LogP contribution in [-0.2, 0) is 16.1 Å². The number of methoxy groups -OCH3 is 1. The number of hydrogen-bond acceptors (Lipinski definition) is 4. The Bertz CT molecular complexity index is 771. The number of hydrogen-bond donors (Lipinski definition) is 2. The Morgan fingerprint density at radius 2 is 1.67 bits per heavy atom. The lowest BCUT2D eigenvalue weighted by molar-refractivity contribution is -0.128. The van der Waals surface area contributed by atoms with Gasteiger partial charge in [-0.05, 0) is 49.9 Å². The predicted molar refractivity (Wildman–Crippen MR) is 103 cm³/mol. The molecule has 0 saturated heterocycles. The molecule has 1 aromatic carbocycles. The first-order chi connectivity index (χ1) is 13.2. The van der Waals surface area contributed by atoms with E-state index in [1.807, 2.05) is 42.5 Å². The summed E-state index contributed by atoms with van der Waals surface area (Å²) in [4.78, 5) is 29.1. The molecule has 1 aliphatic carbocycles. The highest BCUT2D eigenvalue weighted by molar-refractivity contribution is 5.94. The summed E-state index contributed by atoms with van der Waals surface area (Å²) in [5.41, 5.74) is 1.52. The maximum Gasteiger partial charge on any atom is 0.227 e. The molecule has 0 unspecified atom stereocenters. The van der Waals surface area contributed by atoms with Crippen LogP contribution in [0.25, 0.3) is 0 Å². The van der Waals surface area contributed by atoms with Crippen molar-refractivity contribution in [2.24, 2.45) is 11.8 Å². The highest BCUT2D eigenvalue weighted by Crippen LogP contribution is 2.31. The molecule has 1 fully saturated rings. The molecule has 1 aromatic heterocycles. The molecule has 0 aliphatic heterocycles. The SMILES string of the molecule is COc1ccccc1NC(=O)C1CCC(C(=O)NCc2ccccn2)CC1. The first kappa shape index (κ1) is 18.9. The van der Waals surface area contributed by atoms with Crippen molar-refractivity contribution >= 4 is 17.5 Å². The quantitative estimate of drug-likeness (QED) is 0.822. The molecule has 0 radical (unpaired) electrons. The van der Waals surface area contributed by atoms with Crippen molar-refractivity contribution in [3.8, 4) is 5.75 Å². The van der Waals surface area contributed by atoms with Crippen LogP contribution in [-0.4, -0.2) is 23.9 Å². The van der Waals surface area contributed by atoms with Crippen LogP contribution in [0.1, 0.15) is 31.4 Å². The molecule has 2 amide bonds. The van der Waals surface area contributed by atoms with Crippen LogP contribution in [0.4, 0.5) is 5.69 Å². The third-order valence-corrected chi connectivity index (χ3v) is 5.00. The van der Waals surface area contributed by atoms with Crippen LogP contribution in [0.15, 0.2) is 48.7 Å². The fraction of sp³-hybridized carbons (Fsp3) is 0.381. The van der Waals surface area contributed by atoms with Gasteiger partial charge in [0, 0.05) is 18.0 Å². The van der Waals surface area contributed by atoms with E-state index < -0.39 is 0 Å². The number of aromatic nitrogens is 1. The normalized spacial score (nSPS) is 19.1. The summed E-state index contributed by atoms with van der Waals surface area (Å²) < 4.78 is 5.27. The number of ether oxygens (including phenoxy) is 1. The largest absolute Gasteiger partial charge is 0.495 e. The van der Waals surface area contributed by atoms with Crippen LogP contribution in [0, 0.1) is 11.8 Å². The van der Waals surface area contributed by atoms with E-state index >= 15 is 0 Å². The van der Waals surface area contributed by atoms with Gasteiger partial charge in [-0.15, -0.1) is 0 Å². The third-order valence-electron chi connectivity index (χ3n) is 5.00. The number of anilines is 1. The van der Waals surface area contributed by atoms with Gasteiger partial charge in [0.2, 0.25) is 11.8 Å². The molecule has 3 rings (SSSR count). The van der Waals surface area contributed by atoms with Crippen molar-refractivity contribution in [1.82, 2.24) is 10.3 Å². The molecule has 0 atom stereocenters. The second kappa shape index (κ2) is 9.16. The van der Waals surface area contributed by atoms with Crippen molar-refractivity contribution in [3.63, 3.8) is 0 Å². The molecule has 1 saturated carbocycles. The standard InChI is InChI=1S/C21H25N3O3/c1-27-19-8-3-2-7-18(19)24-21(26)16-11-9-15(10-12-16)20(25)23-14-17-6-4-5-13-22-17/h2-8,13,15-16H,9-12,14H2,1H3,(H,23,25)(H,24,26). The first-order valence-corrected chi connectivity index (χ1v) is 9.29. The van der Waals surface area contributed by atoms with Gasteiger partial charge in [0.05, 0.1) is 25.0 Å². The fourth-order valence-corrected chi connectivity index (χ4v) is 3.43. The fourth-order valence-electron chi connectivity index (χ4n) is 3.43. The molecular weight excluding hydrogens is 342 g/mol. The molecule has 1 aliphatic rings. The number of amides is 2. The summed E-state index contributed by atoms with van der Waals surface area (Å²) in [6.45, 7) is 0.438. The van der Waals surface area contributed by atoms with E-state index in [4.69, 9.17) is 4.74 Å². The second-order valence-corrected chi connectivity index (χ2v) is 6.78. The third kappa shape index (κ3) is 5.06. The van der Waals surface area contributed by atoms with Gasteiger partial charge >= 0.3 is 0 Å². The number of benzene rings is 1. The van der Waals surface area contributed by atoms with E-state index in [0.717, 1.165) is 18.5 Å². The number of rotatable bonds is 6. The van der Waals surface area contributed by atoms with Crippen LogP contribution < -0.4 is 15.4 Å². The number of pyridine rings is 1. The highest BCUT2D eigenvalue weighted by atomic mass is 16.5.